The molecule has 0 radical (unpaired) electrons. The van der Waals surface area contributed by atoms with Gasteiger partial charge >= 0.3 is 0 Å². The molecular formula is C7H9Cl2NS. The molecule has 0 aromatic carbocycles. The van der Waals surface area contributed by atoms with Crippen LogP contribution in [0.25, 0.3) is 0 Å². The second-order valence-electron chi connectivity index (χ2n) is 2.52. The lowest BCUT2D eigenvalue weighted by atomic mass is 10.2. The van der Waals surface area contributed by atoms with Crippen molar-refractivity contribution in [1.29, 1.82) is 0 Å². The summed E-state index contributed by atoms with van der Waals surface area (Å²) in [5.74, 6) is 0. The van der Waals surface area contributed by atoms with Crippen molar-refractivity contribution in [2.75, 3.05) is 0 Å². The number of nitrogens with two attached hydrogens (primary N) is 1. The molecule has 1 atom stereocenters. The van der Waals surface area contributed by atoms with E-state index >= 15 is 0 Å². The summed E-state index contributed by atoms with van der Waals surface area (Å²) in [7, 11) is 0. The third-order valence-electron chi connectivity index (χ3n) is 1.22. The Morgan fingerprint density at radius 1 is 1.64 bits per heavy atom. The first kappa shape index (κ1) is 9.33. The van der Waals surface area contributed by atoms with Gasteiger partial charge in [0.25, 0.3) is 0 Å². The highest BCUT2D eigenvalue weighted by molar-refractivity contribution is 7.16. The minimum atomic E-state index is 0.167. The summed E-state index contributed by atoms with van der Waals surface area (Å²) in [6.07, 6.45) is 0.844. The van der Waals surface area contributed by atoms with Crippen LogP contribution < -0.4 is 5.73 Å². The molecule has 0 fully saturated rings. The van der Waals surface area contributed by atoms with E-state index in [9.17, 15) is 0 Å². The van der Waals surface area contributed by atoms with Crippen molar-refractivity contribution in [3.8, 4) is 0 Å². The highest BCUT2D eigenvalue weighted by atomic mass is 35.5. The highest BCUT2D eigenvalue weighted by Gasteiger charge is 2.05. The Morgan fingerprint density at radius 2 is 2.27 bits per heavy atom. The molecule has 62 valence electrons. The zero-order valence-electron chi connectivity index (χ0n) is 6.10. The largest absolute Gasteiger partial charge is 0.328 e. The zero-order chi connectivity index (χ0) is 8.43. The Balaban J connectivity index is 2.73. The van der Waals surface area contributed by atoms with Crippen LogP contribution in [0, 0.1) is 0 Å². The van der Waals surface area contributed by atoms with Gasteiger partial charge in [0.1, 0.15) is 4.34 Å². The fraction of sp³-hybridized carbons (Fsp3) is 0.429. The number of halogens is 2. The van der Waals surface area contributed by atoms with E-state index in [2.05, 4.69) is 0 Å². The smallest absolute Gasteiger partial charge is 0.112 e. The molecule has 0 amide bonds. The molecular weight excluding hydrogens is 201 g/mol. The van der Waals surface area contributed by atoms with Crippen molar-refractivity contribution in [3.05, 3.63) is 20.3 Å². The van der Waals surface area contributed by atoms with Crippen LogP contribution in [0.2, 0.25) is 9.36 Å². The van der Waals surface area contributed by atoms with Crippen molar-refractivity contribution < 1.29 is 0 Å². The van der Waals surface area contributed by atoms with Gasteiger partial charge in [0.05, 0.1) is 5.02 Å². The first-order chi connectivity index (χ1) is 5.09. The summed E-state index contributed by atoms with van der Waals surface area (Å²) >= 11 is 13.0. The fourth-order valence-corrected chi connectivity index (χ4v) is 2.38. The van der Waals surface area contributed by atoms with Gasteiger partial charge in [0.15, 0.2) is 0 Å². The molecule has 0 aliphatic carbocycles. The fourth-order valence-electron chi connectivity index (χ4n) is 0.809. The monoisotopic (exact) mass is 209 g/mol. The number of hydrogen-bond acceptors (Lipinski definition) is 2. The predicted molar refractivity (Wildman–Crippen MR) is 51.7 cm³/mol. The molecule has 1 rings (SSSR count). The maximum atomic E-state index is 5.76. The van der Waals surface area contributed by atoms with Crippen molar-refractivity contribution in [2.24, 2.45) is 5.73 Å². The van der Waals surface area contributed by atoms with Gasteiger partial charge in [0, 0.05) is 10.9 Å². The lowest BCUT2D eigenvalue weighted by Crippen LogP contribution is -2.16. The molecule has 11 heavy (non-hydrogen) atoms. The number of thiophene rings is 1. The van der Waals surface area contributed by atoms with E-state index in [-0.39, 0.29) is 6.04 Å². The Labute approximate surface area is 80.1 Å². The van der Waals surface area contributed by atoms with E-state index in [0.29, 0.717) is 9.36 Å². The van der Waals surface area contributed by atoms with E-state index < -0.39 is 0 Å². The molecule has 1 nitrogen and oxygen atoms in total. The number of hydrogen-bond donors (Lipinski definition) is 1. The van der Waals surface area contributed by atoms with Gasteiger partial charge in [-0.2, -0.15) is 0 Å². The summed E-state index contributed by atoms with van der Waals surface area (Å²) in [6.45, 7) is 1.96. The average molecular weight is 210 g/mol. The van der Waals surface area contributed by atoms with E-state index in [4.69, 9.17) is 28.9 Å². The Hall–Kier alpha value is 0.240. The highest BCUT2D eigenvalue weighted by Crippen LogP contribution is 2.31. The molecule has 0 aliphatic rings. The summed E-state index contributed by atoms with van der Waals surface area (Å²) in [6, 6.07) is 2.04. The van der Waals surface area contributed by atoms with Crippen molar-refractivity contribution in [2.45, 2.75) is 19.4 Å². The van der Waals surface area contributed by atoms with E-state index in [1.165, 1.54) is 11.3 Å². The second kappa shape index (κ2) is 3.76. The van der Waals surface area contributed by atoms with Gasteiger partial charge < -0.3 is 5.73 Å². The van der Waals surface area contributed by atoms with Crippen molar-refractivity contribution in [1.82, 2.24) is 0 Å². The summed E-state index contributed by atoms with van der Waals surface area (Å²) in [5.41, 5.74) is 5.60. The van der Waals surface area contributed by atoms with Crippen LogP contribution in [-0.4, -0.2) is 6.04 Å². The lowest BCUT2D eigenvalue weighted by Gasteiger charge is -1.99. The maximum absolute atomic E-state index is 5.76. The van der Waals surface area contributed by atoms with E-state index in [1.807, 2.05) is 13.0 Å². The molecule has 0 saturated heterocycles. The van der Waals surface area contributed by atoms with Crippen LogP contribution in [0.5, 0.6) is 0 Å². The topological polar surface area (TPSA) is 26.0 Å². The third kappa shape index (κ3) is 2.64. The van der Waals surface area contributed by atoms with E-state index in [1.54, 1.807) is 0 Å². The molecule has 1 unspecified atom stereocenters. The Bertz CT molecular complexity index is 225. The van der Waals surface area contributed by atoms with Crippen LogP contribution in [0.1, 0.15) is 11.8 Å². The minimum absolute atomic E-state index is 0.167. The second-order valence-corrected chi connectivity index (χ2v) is 4.66. The first-order valence-corrected chi connectivity index (χ1v) is 4.86. The predicted octanol–water partition coefficient (Wildman–Crippen LogP) is 2.94. The van der Waals surface area contributed by atoms with Crippen LogP contribution in [-0.2, 0) is 6.42 Å². The molecule has 0 aliphatic heterocycles. The van der Waals surface area contributed by atoms with Gasteiger partial charge in [-0.3, -0.25) is 0 Å². The average Bonchev–Trinajstić information content (AvgIpc) is 2.10. The Kier molecular flexibility index (Phi) is 3.19. The molecule has 1 heterocycles. The molecule has 2 N–H and O–H groups in total. The van der Waals surface area contributed by atoms with Gasteiger partial charge in [-0.25, -0.2) is 0 Å². The molecule has 0 saturated carbocycles. The van der Waals surface area contributed by atoms with Gasteiger partial charge in [0.2, 0.25) is 0 Å². The van der Waals surface area contributed by atoms with Crippen molar-refractivity contribution in [3.63, 3.8) is 0 Å². The van der Waals surface area contributed by atoms with Crippen LogP contribution in [0.4, 0.5) is 0 Å². The lowest BCUT2D eigenvalue weighted by molar-refractivity contribution is 0.746. The molecule has 0 spiro atoms. The SMILES string of the molecule is CC(N)Cc1cc(Cl)c(Cl)s1. The van der Waals surface area contributed by atoms with Gasteiger partial charge in [-0.1, -0.05) is 23.2 Å². The standard InChI is InChI=1S/C7H9Cl2NS/c1-4(10)2-5-3-6(8)7(9)11-5/h3-4H,2,10H2,1H3. The first-order valence-electron chi connectivity index (χ1n) is 3.29. The van der Waals surface area contributed by atoms with Gasteiger partial charge in [-0.05, 0) is 19.4 Å². The third-order valence-corrected chi connectivity index (χ3v) is 3.11. The normalized spacial score (nSPS) is 13.5. The maximum Gasteiger partial charge on any atom is 0.112 e. The van der Waals surface area contributed by atoms with Crippen molar-refractivity contribution >= 4 is 34.5 Å². The molecule has 1 aromatic rings. The van der Waals surface area contributed by atoms with Crippen LogP contribution >= 0.6 is 34.5 Å². The minimum Gasteiger partial charge on any atom is -0.328 e. The quantitative estimate of drug-likeness (QED) is 0.797. The van der Waals surface area contributed by atoms with Crippen LogP contribution in [0.3, 0.4) is 0 Å². The Morgan fingerprint density at radius 3 is 2.64 bits per heavy atom. The van der Waals surface area contributed by atoms with Gasteiger partial charge in [-0.15, -0.1) is 11.3 Å². The molecule has 4 heteroatoms. The molecule has 1 aromatic heterocycles. The van der Waals surface area contributed by atoms with Crippen LogP contribution in [0.15, 0.2) is 6.07 Å². The molecule has 0 bridgehead atoms. The summed E-state index contributed by atoms with van der Waals surface area (Å²) < 4.78 is 0.655. The van der Waals surface area contributed by atoms with E-state index in [0.717, 1.165) is 11.3 Å². The number of rotatable bonds is 2. The summed E-state index contributed by atoms with van der Waals surface area (Å²) in [4.78, 5) is 1.15. The summed E-state index contributed by atoms with van der Waals surface area (Å²) in [5, 5.41) is 0.632. The zero-order valence-corrected chi connectivity index (χ0v) is 8.43.